The molecule has 0 aromatic heterocycles. The predicted octanol–water partition coefficient (Wildman–Crippen LogP) is 4.52. The van der Waals surface area contributed by atoms with E-state index in [1.165, 1.54) is 4.90 Å². The highest BCUT2D eigenvalue weighted by atomic mass is 16.6. The van der Waals surface area contributed by atoms with Gasteiger partial charge in [-0.2, -0.15) is 0 Å². The molecule has 1 aromatic rings. The van der Waals surface area contributed by atoms with Gasteiger partial charge in [0.15, 0.2) is 0 Å². The summed E-state index contributed by atoms with van der Waals surface area (Å²) in [5.74, 6) is 0.209. The van der Waals surface area contributed by atoms with E-state index in [9.17, 15) is 9.59 Å². The summed E-state index contributed by atoms with van der Waals surface area (Å²) < 4.78 is 11.0. The van der Waals surface area contributed by atoms with E-state index < -0.39 is 23.4 Å². The van der Waals surface area contributed by atoms with Gasteiger partial charge in [0.05, 0.1) is 0 Å². The van der Waals surface area contributed by atoms with Gasteiger partial charge in [-0.15, -0.1) is 11.6 Å². The van der Waals surface area contributed by atoms with Crippen molar-refractivity contribution in [3.63, 3.8) is 0 Å². The van der Waals surface area contributed by atoms with Gasteiger partial charge in [0, 0.05) is 38.4 Å². The summed E-state index contributed by atoms with van der Waals surface area (Å²) in [6.45, 7) is 17.2. The number of hydrogen-bond donors (Lipinski definition) is 0. The van der Waals surface area contributed by atoms with Crippen LogP contribution in [0.3, 0.4) is 0 Å². The van der Waals surface area contributed by atoms with Gasteiger partial charge in [-0.25, -0.2) is 14.5 Å². The lowest BCUT2D eigenvalue weighted by atomic mass is 10.2. The number of carbonyl (C=O) groups excluding carboxylic acids is 2. The van der Waals surface area contributed by atoms with Crippen molar-refractivity contribution in [2.45, 2.75) is 52.7 Å². The summed E-state index contributed by atoms with van der Waals surface area (Å²) >= 11 is 0. The van der Waals surface area contributed by atoms with Crippen molar-refractivity contribution in [1.82, 2.24) is 9.80 Å². The molecule has 1 saturated heterocycles. The smallest absolute Gasteiger partial charge is 0.437 e. The monoisotopic (exact) mass is 444 g/mol. The Hall–Kier alpha value is -3.03. The highest BCUT2D eigenvalue weighted by Gasteiger charge is 2.31. The summed E-state index contributed by atoms with van der Waals surface area (Å²) in [4.78, 5) is 35.2. The number of piperazine rings is 1. The predicted molar refractivity (Wildman–Crippen MR) is 127 cm³/mol. The Balaban J connectivity index is 2.30. The van der Waals surface area contributed by atoms with Crippen LogP contribution in [0.1, 0.15) is 41.5 Å². The average molecular weight is 445 g/mol. The molecule has 8 heteroatoms. The molecule has 32 heavy (non-hydrogen) atoms. The third-order valence-corrected chi connectivity index (χ3v) is 4.44. The number of nitrogens with zero attached hydrogens (tertiary/aromatic N) is 4. The van der Waals surface area contributed by atoms with Crippen molar-refractivity contribution in [3.8, 4) is 0 Å². The van der Waals surface area contributed by atoms with Gasteiger partial charge in [0.25, 0.3) is 0 Å². The van der Waals surface area contributed by atoms with Gasteiger partial charge < -0.3 is 19.3 Å². The van der Waals surface area contributed by atoms with E-state index in [0.717, 1.165) is 5.69 Å². The fraction of sp³-hybridized carbons (Fsp3) is 0.542. The highest BCUT2D eigenvalue weighted by Crippen LogP contribution is 2.18. The molecule has 0 atom stereocenters. The van der Waals surface area contributed by atoms with Gasteiger partial charge in [-0.1, -0.05) is 24.3 Å². The van der Waals surface area contributed by atoms with E-state index in [1.807, 2.05) is 23.1 Å². The van der Waals surface area contributed by atoms with Gasteiger partial charge >= 0.3 is 12.2 Å². The van der Waals surface area contributed by atoms with E-state index in [2.05, 4.69) is 28.6 Å². The van der Waals surface area contributed by atoms with Gasteiger partial charge in [0.1, 0.15) is 11.2 Å². The summed E-state index contributed by atoms with van der Waals surface area (Å²) in [7, 11) is 0. The van der Waals surface area contributed by atoms with Crippen molar-refractivity contribution >= 4 is 23.8 Å². The fourth-order valence-corrected chi connectivity index (χ4v) is 3.16. The highest BCUT2D eigenvalue weighted by molar-refractivity contribution is 5.99. The first-order valence-electron chi connectivity index (χ1n) is 10.9. The van der Waals surface area contributed by atoms with E-state index in [1.54, 1.807) is 47.6 Å². The first-order chi connectivity index (χ1) is 14.9. The number of amides is 2. The maximum Gasteiger partial charge on any atom is 0.437 e. The van der Waals surface area contributed by atoms with E-state index >= 15 is 0 Å². The second-order valence-electron chi connectivity index (χ2n) is 9.58. The maximum atomic E-state index is 13.0. The molecule has 1 aromatic carbocycles. The zero-order valence-electron chi connectivity index (χ0n) is 20.1. The topological polar surface area (TPSA) is 74.7 Å². The van der Waals surface area contributed by atoms with Crippen LogP contribution in [0.25, 0.3) is 0 Å². The molecule has 2 rings (SSSR count). The summed E-state index contributed by atoms with van der Waals surface area (Å²) in [5.41, 5.74) is -0.264. The number of anilines is 1. The average Bonchev–Trinajstić information content (AvgIpc) is 2.69. The lowest BCUT2D eigenvalue weighted by Gasteiger charge is -2.40. The molecule has 0 N–H and O–H groups in total. The molecule has 0 bridgehead atoms. The largest absolute Gasteiger partial charge is 0.443 e. The minimum Gasteiger partial charge on any atom is -0.443 e. The van der Waals surface area contributed by atoms with Crippen LogP contribution in [0.15, 0.2) is 48.0 Å². The van der Waals surface area contributed by atoms with Crippen LogP contribution < -0.4 is 4.90 Å². The second kappa shape index (κ2) is 10.5. The molecule has 1 aliphatic heterocycles. The SMILES string of the molecule is C=CCN(C(=O)OC(C)(C)C)/C(=N/C(=O)OC(C)(C)C)N1CCN(c2ccccc2)CC1. The normalized spacial score (nSPS) is 15.2. The van der Waals surface area contributed by atoms with Crippen LogP contribution in [0, 0.1) is 0 Å². The molecule has 0 aliphatic carbocycles. The third-order valence-electron chi connectivity index (χ3n) is 4.44. The number of carbonyl (C=O) groups is 2. The van der Waals surface area contributed by atoms with Crippen molar-refractivity contribution in [1.29, 1.82) is 0 Å². The zero-order chi connectivity index (χ0) is 23.9. The van der Waals surface area contributed by atoms with Crippen LogP contribution in [0.4, 0.5) is 15.3 Å². The summed E-state index contributed by atoms with van der Waals surface area (Å²) in [6.07, 6.45) is 0.232. The Kier molecular flexibility index (Phi) is 8.30. The second-order valence-corrected chi connectivity index (χ2v) is 9.58. The van der Waals surface area contributed by atoms with Crippen molar-refractivity contribution in [2.24, 2.45) is 4.99 Å². The van der Waals surface area contributed by atoms with Crippen LogP contribution in [-0.2, 0) is 9.47 Å². The number of aliphatic imine (C=N–C) groups is 1. The summed E-state index contributed by atoms with van der Waals surface area (Å²) in [6, 6.07) is 10.1. The Morgan fingerprint density at radius 2 is 1.56 bits per heavy atom. The Bertz CT molecular complexity index is 817. The van der Waals surface area contributed by atoms with Crippen molar-refractivity contribution in [2.75, 3.05) is 37.6 Å². The molecular weight excluding hydrogens is 408 g/mol. The molecule has 8 nitrogen and oxygen atoms in total. The van der Waals surface area contributed by atoms with Crippen LogP contribution in [0.5, 0.6) is 0 Å². The number of benzene rings is 1. The van der Waals surface area contributed by atoms with Gasteiger partial charge in [0.2, 0.25) is 5.96 Å². The molecule has 176 valence electrons. The van der Waals surface area contributed by atoms with Gasteiger partial charge in [-0.05, 0) is 53.7 Å². The first-order valence-corrected chi connectivity index (χ1v) is 10.9. The fourth-order valence-electron chi connectivity index (χ4n) is 3.16. The Morgan fingerprint density at radius 3 is 2.06 bits per heavy atom. The summed E-state index contributed by atoms with van der Waals surface area (Å²) in [5, 5.41) is 0. The lowest BCUT2D eigenvalue weighted by Crippen LogP contribution is -2.55. The van der Waals surface area contributed by atoms with Crippen LogP contribution in [0.2, 0.25) is 0 Å². The minimum absolute atomic E-state index is 0.148. The zero-order valence-corrected chi connectivity index (χ0v) is 20.1. The number of guanidine groups is 1. The van der Waals surface area contributed by atoms with Crippen LogP contribution in [-0.4, -0.2) is 71.9 Å². The molecule has 0 saturated carbocycles. The van der Waals surface area contributed by atoms with E-state index in [4.69, 9.17) is 9.47 Å². The van der Waals surface area contributed by atoms with Crippen molar-refractivity contribution in [3.05, 3.63) is 43.0 Å². The first kappa shape index (κ1) is 25.2. The van der Waals surface area contributed by atoms with Gasteiger partial charge in [-0.3, -0.25) is 0 Å². The number of hydrogen-bond acceptors (Lipinski definition) is 5. The molecular formula is C24H36N4O4. The lowest BCUT2D eigenvalue weighted by molar-refractivity contribution is 0.0361. The molecule has 1 aliphatic rings. The van der Waals surface area contributed by atoms with E-state index in [-0.39, 0.29) is 12.5 Å². The Labute approximate surface area is 191 Å². The quantitative estimate of drug-likeness (QED) is 0.388. The standard InChI is InChI=1S/C24H36N4O4/c1-8-14-28(22(30)32-24(5,6)7)20(25-21(29)31-23(2,3)4)27-17-15-26(16-18-27)19-12-10-9-11-13-19/h8-13H,1,14-18H2,2-7H3/b25-20+. The number of ether oxygens (including phenoxy) is 2. The Morgan fingerprint density at radius 1 is 1.00 bits per heavy atom. The minimum atomic E-state index is -0.754. The third kappa shape index (κ3) is 7.90. The van der Waals surface area contributed by atoms with Crippen molar-refractivity contribution < 1.29 is 19.1 Å². The molecule has 1 fully saturated rings. The molecule has 0 radical (unpaired) electrons. The molecule has 2 amide bonds. The number of rotatable bonds is 3. The molecule has 1 heterocycles. The molecule has 0 unspecified atom stereocenters. The number of para-hydroxylation sites is 1. The van der Waals surface area contributed by atoms with E-state index in [0.29, 0.717) is 26.2 Å². The maximum absolute atomic E-state index is 13.0. The molecule has 0 spiro atoms. The van der Waals surface area contributed by atoms with Crippen LogP contribution >= 0.6 is 0 Å².